The van der Waals surface area contributed by atoms with Gasteiger partial charge in [-0.1, -0.05) is 13.8 Å². The smallest absolute Gasteiger partial charge is 0.325 e. The minimum absolute atomic E-state index is 0.172. The van der Waals surface area contributed by atoms with Crippen LogP contribution in [0.4, 0.5) is 0 Å². The van der Waals surface area contributed by atoms with E-state index in [2.05, 4.69) is 31.9 Å². The quantitative estimate of drug-likeness (QED) is 0.0549. The molecule has 0 saturated carbocycles. The zero-order valence-electron chi connectivity index (χ0n) is 26.1. The van der Waals surface area contributed by atoms with Crippen LogP contribution in [0.3, 0.4) is 0 Å². The van der Waals surface area contributed by atoms with Crippen molar-refractivity contribution >= 4 is 53.2 Å². The fraction of sp³-hybridized carbons (Fsp3) is 0.654. The van der Waals surface area contributed by atoms with Crippen molar-refractivity contribution in [2.45, 2.75) is 89.7 Å². The Morgan fingerprint density at radius 3 is 1.57 bits per heavy atom. The van der Waals surface area contributed by atoms with E-state index in [1.165, 1.54) is 0 Å². The van der Waals surface area contributed by atoms with Crippen LogP contribution in [0.5, 0.6) is 0 Å². The highest BCUT2D eigenvalue weighted by Crippen LogP contribution is 2.04. The van der Waals surface area contributed by atoms with E-state index in [1.54, 1.807) is 13.8 Å². The monoisotopic (exact) mass is 659 g/mol. The first kappa shape index (κ1) is 41.1. The minimum Gasteiger partial charge on any atom is -0.480 e. The Balaban J connectivity index is 5.22. The van der Waals surface area contributed by atoms with Gasteiger partial charge < -0.3 is 59.3 Å². The molecule has 0 aromatic heterocycles. The van der Waals surface area contributed by atoms with E-state index < -0.39 is 103 Å². The molecule has 6 atom stereocenters. The summed E-state index contributed by atoms with van der Waals surface area (Å²) in [6.45, 7) is 4.30. The number of primary amides is 2. The summed E-state index contributed by atoms with van der Waals surface area (Å²) in [5.74, 6) is -8.53. The zero-order chi connectivity index (χ0) is 35.7. The van der Waals surface area contributed by atoms with Crippen molar-refractivity contribution in [1.29, 1.82) is 0 Å². The molecule has 0 aromatic rings. The molecular formula is C26H45N9O11. The molecule has 46 heavy (non-hydrogen) atoms. The average Bonchev–Trinajstić information content (AvgIpc) is 2.96. The standard InChI is InChI=1S/C26H45N9O11/c1-11(2)20(29)24(43)33-14(5-7-16(27)37)22(41)31-9-18(39)30-10-19(40)35-21(13(4)36)25(44)34-15(6-8-17(28)38)23(42)32-12(3)26(45)46/h11-15,20-21,36H,5-10,29H2,1-4H3,(H2,27,37)(H2,28,38)(H,30,39)(H,31,41)(H,32,42)(H,33,43)(H,34,44)(H,35,40)(H,45,46)/t12-,13+,14-,15-,20-,21-/m0/s1. The molecule has 0 saturated heterocycles. The van der Waals surface area contributed by atoms with Crippen molar-refractivity contribution in [1.82, 2.24) is 31.9 Å². The van der Waals surface area contributed by atoms with Gasteiger partial charge in [-0.05, 0) is 32.6 Å². The number of aliphatic hydroxyl groups is 1. The maximum atomic E-state index is 12.8. The summed E-state index contributed by atoms with van der Waals surface area (Å²) in [6.07, 6.45) is -2.63. The molecule has 0 bridgehead atoms. The van der Waals surface area contributed by atoms with Crippen LogP contribution in [0.15, 0.2) is 0 Å². The third-order valence-corrected chi connectivity index (χ3v) is 6.33. The Hall–Kier alpha value is -4.85. The molecule has 0 heterocycles. The highest BCUT2D eigenvalue weighted by atomic mass is 16.4. The fourth-order valence-corrected chi connectivity index (χ4v) is 3.48. The number of hydrogen-bond acceptors (Lipinski definition) is 11. The van der Waals surface area contributed by atoms with Crippen molar-refractivity contribution < 1.29 is 53.4 Å². The number of rotatable bonds is 21. The maximum absolute atomic E-state index is 12.8. The molecule has 0 aliphatic carbocycles. The van der Waals surface area contributed by atoms with Crippen LogP contribution in [0, 0.1) is 5.92 Å². The summed E-state index contributed by atoms with van der Waals surface area (Å²) in [4.78, 5) is 108. The van der Waals surface area contributed by atoms with Gasteiger partial charge in [0, 0.05) is 12.8 Å². The van der Waals surface area contributed by atoms with Gasteiger partial charge in [0.2, 0.25) is 47.3 Å². The number of aliphatic carboxylic acids is 1. The maximum Gasteiger partial charge on any atom is 0.325 e. The number of hydrogen-bond donors (Lipinski definition) is 11. The van der Waals surface area contributed by atoms with E-state index >= 15 is 0 Å². The minimum atomic E-state index is -1.66. The normalized spacial score (nSPS) is 14.7. The van der Waals surface area contributed by atoms with Gasteiger partial charge in [0.1, 0.15) is 24.2 Å². The number of carbonyl (C=O) groups is 9. The van der Waals surface area contributed by atoms with Crippen LogP contribution in [-0.4, -0.2) is 113 Å². The SMILES string of the molecule is CC(C)[C@H](N)C(=O)N[C@@H](CCC(N)=O)C(=O)NCC(=O)NCC(=O)N[C@H](C(=O)N[C@@H](CCC(N)=O)C(=O)N[C@@H](C)C(=O)O)[C@@H](C)O. The van der Waals surface area contributed by atoms with E-state index in [-0.39, 0.29) is 31.6 Å². The molecular weight excluding hydrogens is 614 g/mol. The molecule has 0 aromatic carbocycles. The van der Waals surface area contributed by atoms with E-state index in [1.807, 2.05) is 0 Å². The van der Waals surface area contributed by atoms with Crippen LogP contribution in [0.25, 0.3) is 0 Å². The lowest BCUT2D eigenvalue weighted by atomic mass is 10.0. The predicted octanol–water partition coefficient (Wildman–Crippen LogP) is -5.84. The first-order chi connectivity index (χ1) is 21.3. The zero-order valence-corrected chi connectivity index (χ0v) is 26.1. The Labute approximate surface area is 264 Å². The molecule has 0 unspecified atom stereocenters. The lowest BCUT2D eigenvalue weighted by molar-refractivity contribution is -0.142. The van der Waals surface area contributed by atoms with Gasteiger partial charge in [-0.15, -0.1) is 0 Å². The van der Waals surface area contributed by atoms with Gasteiger partial charge in [0.25, 0.3) is 0 Å². The van der Waals surface area contributed by atoms with Crippen molar-refractivity contribution in [2.75, 3.05) is 13.1 Å². The lowest BCUT2D eigenvalue weighted by Crippen LogP contribution is -2.59. The number of carboxylic acid groups (broad SMARTS) is 1. The second-order valence-electron chi connectivity index (χ2n) is 10.8. The number of aliphatic hydroxyl groups excluding tert-OH is 1. The number of carbonyl (C=O) groups excluding carboxylic acids is 8. The summed E-state index contributed by atoms with van der Waals surface area (Å²) in [5.41, 5.74) is 16.0. The molecule has 8 amide bonds. The summed E-state index contributed by atoms with van der Waals surface area (Å²) in [7, 11) is 0. The van der Waals surface area contributed by atoms with Crippen LogP contribution >= 0.6 is 0 Å². The second kappa shape index (κ2) is 20.2. The summed E-state index contributed by atoms with van der Waals surface area (Å²) in [6, 6.07) is -6.65. The molecule has 0 spiro atoms. The second-order valence-corrected chi connectivity index (χ2v) is 10.8. The van der Waals surface area contributed by atoms with Crippen LogP contribution in [0.1, 0.15) is 53.4 Å². The highest BCUT2D eigenvalue weighted by Gasteiger charge is 2.31. The average molecular weight is 660 g/mol. The molecule has 20 nitrogen and oxygen atoms in total. The van der Waals surface area contributed by atoms with Crippen LogP contribution < -0.4 is 49.1 Å². The topological polar surface area (TPSA) is 344 Å². The van der Waals surface area contributed by atoms with E-state index in [0.717, 1.165) is 13.8 Å². The number of nitrogens with two attached hydrogens (primary N) is 3. The van der Waals surface area contributed by atoms with E-state index in [9.17, 15) is 48.3 Å². The van der Waals surface area contributed by atoms with Crippen molar-refractivity contribution in [3.63, 3.8) is 0 Å². The molecule has 260 valence electrons. The van der Waals surface area contributed by atoms with Crippen LogP contribution in [0.2, 0.25) is 0 Å². The molecule has 14 N–H and O–H groups in total. The molecule has 0 fully saturated rings. The lowest BCUT2D eigenvalue weighted by Gasteiger charge is -2.25. The largest absolute Gasteiger partial charge is 0.480 e. The molecule has 0 radical (unpaired) electrons. The molecule has 20 heteroatoms. The van der Waals surface area contributed by atoms with Crippen LogP contribution in [-0.2, 0) is 43.2 Å². The number of carboxylic acids is 1. The molecule has 0 rings (SSSR count). The van der Waals surface area contributed by atoms with Crippen molar-refractivity contribution in [3.05, 3.63) is 0 Å². The fourth-order valence-electron chi connectivity index (χ4n) is 3.48. The predicted molar refractivity (Wildman–Crippen MR) is 158 cm³/mol. The van der Waals surface area contributed by atoms with Crippen molar-refractivity contribution in [2.24, 2.45) is 23.1 Å². The summed E-state index contributed by atoms with van der Waals surface area (Å²) in [5, 5.41) is 32.4. The first-order valence-corrected chi connectivity index (χ1v) is 14.2. The summed E-state index contributed by atoms with van der Waals surface area (Å²) < 4.78 is 0. The van der Waals surface area contributed by atoms with Crippen molar-refractivity contribution in [3.8, 4) is 0 Å². The van der Waals surface area contributed by atoms with Gasteiger partial charge in [0.15, 0.2) is 0 Å². The first-order valence-electron chi connectivity index (χ1n) is 14.2. The Morgan fingerprint density at radius 1 is 0.630 bits per heavy atom. The Morgan fingerprint density at radius 2 is 1.11 bits per heavy atom. The highest BCUT2D eigenvalue weighted by molar-refractivity contribution is 5.95. The molecule has 0 aliphatic rings. The van der Waals surface area contributed by atoms with Gasteiger partial charge in [-0.3, -0.25) is 43.2 Å². The third kappa shape index (κ3) is 16.3. The van der Waals surface area contributed by atoms with Gasteiger partial charge in [-0.25, -0.2) is 0 Å². The number of amides is 8. The van der Waals surface area contributed by atoms with E-state index in [0.29, 0.717) is 0 Å². The van der Waals surface area contributed by atoms with Gasteiger partial charge in [-0.2, -0.15) is 0 Å². The Kier molecular flexibility index (Phi) is 18.1. The number of nitrogens with one attached hydrogen (secondary N) is 6. The summed E-state index contributed by atoms with van der Waals surface area (Å²) >= 11 is 0. The van der Waals surface area contributed by atoms with E-state index in [4.69, 9.17) is 22.3 Å². The third-order valence-electron chi connectivity index (χ3n) is 6.33. The molecule has 0 aliphatic heterocycles. The van der Waals surface area contributed by atoms with Gasteiger partial charge >= 0.3 is 5.97 Å². The Bertz CT molecular complexity index is 1150. The van der Waals surface area contributed by atoms with Gasteiger partial charge in [0.05, 0.1) is 25.2 Å².